The average Bonchev–Trinajstić information content (AvgIpc) is 2.08. The average molecular weight is 180 g/mol. The molecule has 1 N–H and O–H groups in total. The molecule has 0 heterocycles. The largest absolute Gasteiger partial charge is 0.390 e. The van der Waals surface area contributed by atoms with Crippen molar-refractivity contribution in [2.45, 2.75) is 57.5 Å². The predicted molar refractivity (Wildman–Crippen MR) is 55.3 cm³/mol. The molecule has 1 aliphatic rings. The van der Waals surface area contributed by atoms with Gasteiger partial charge in [0.2, 0.25) is 0 Å². The van der Waals surface area contributed by atoms with Crippen LogP contribution in [-0.2, 0) is 0 Å². The topological polar surface area (TPSA) is 20.2 Å². The van der Waals surface area contributed by atoms with E-state index in [2.05, 4.69) is 5.92 Å². The first-order valence-electron chi connectivity index (χ1n) is 5.32. The van der Waals surface area contributed by atoms with Gasteiger partial charge in [0.15, 0.2) is 0 Å². The van der Waals surface area contributed by atoms with Gasteiger partial charge in [-0.15, -0.1) is 12.3 Å². The van der Waals surface area contributed by atoms with Crippen LogP contribution in [0.25, 0.3) is 0 Å². The van der Waals surface area contributed by atoms with Crippen molar-refractivity contribution in [1.82, 2.24) is 0 Å². The van der Waals surface area contributed by atoms with E-state index in [1.165, 1.54) is 19.3 Å². The number of hydrogen-bond acceptors (Lipinski definition) is 1. The third kappa shape index (κ3) is 3.04. The van der Waals surface area contributed by atoms with E-state index in [4.69, 9.17) is 6.42 Å². The summed E-state index contributed by atoms with van der Waals surface area (Å²) >= 11 is 0. The number of terminal acetylenes is 1. The van der Waals surface area contributed by atoms with Gasteiger partial charge in [0, 0.05) is 6.42 Å². The predicted octanol–water partition coefficient (Wildman–Crippen LogP) is 2.73. The maximum Gasteiger partial charge on any atom is 0.0647 e. The second kappa shape index (κ2) is 4.67. The zero-order valence-corrected chi connectivity index (χ0v) is 8.55. The molecule has 74 valence electrons. The maximum absolute atomic E-state index is 10.1. The molecule has 1 nitrogen and oxygen atoms in total. The molecular formula is C12H20O. The summed E-state index contributed by atoms with van der Waals surface area (Å²) in [6, 6.07) is 0. The van der Waals surface area contributed by atoms with E-state index in [9.17, 15) is 5.11 Å². The molecule has 0 saturated heterocycles. The van der Waals surface area contributed by atoms with Gasteiger partial charge in [-0.05, 0) is 38.5 Å². The highest BCUT2D eigenvalue weighted by Crippen LogP contribution is 2.36. The van der Waals surface area contributed by atoms with Crippen molar-refractivity contribution in [3.05, 3.63) is 0 Å². The Morgan fingerprint density at radius 1 is 1.54 bits per heavy atom. The van der Waals surface area contributed by atoms with E-state index in [-0.39, 0.29) is 0 Å². The highest BCUT2D eigenvalue weighted by Gasteiger charge is 2.33. The number of hydrogen-bond donors (Lipinski definition) is 1. The van der Waals surface area contributed by atoms with Crippen LogP contribution in [0.3, 0.4) is 0 Å². The molecule has 1 fully saturated rings. The Bertz CT molecular complexity index is 188. The quantitative estimate of drug-likeness (QED) is 0.523. The number of rotatable bonds is 3. The van der Waals surface area contributed by atoms with Gasteiger partial charge in [0.1, 0.15) is 0 Å². The molecule has 0 aromatic carbocycles. The first-order chi connectivity index (χ1) is 6.17. The molecule has 0 aromatic heterocycles. The van der Waals surface area contributed by atoms with Gasteiger partial charge in [-0.2, -0.15) is 0 Å². The van der Waals surface area contributed by atoms with Gasteiger partial charge in [-0.1, -0.05) is 12.8 Å². The summed E-state index contributed by atoms with van der Waals surface area (Å²) in [7, 11) is 0. The van der Waals surface area contributed by atoms with Crippen LogP contribution in [0, 0.1) is 18.3 Å². The van der Waals surface area contributed by atoms with Gasteiger partial charge in [0.25, 0.3) is 0 Å². The highest BCUT2D eigenvalue weighted by molar-refractivity contribution is 4.88. The minimum absolute atomic E-state index is 0.424. The Kier molecular flexibility index (Phi) is 3.81. The van der Waals surface area contributed by atoms with E-state index in [1.807, 2.05) is 6.92 Å². The van der Waals surface area contributed by atoms with Gasteiger partial charge >= 0.3 is 0 Å². The molecule has 0 aliphatic heterocycles. The lowest BCUT2D eigenvalue weighted by Gasteiger charge is -2.37. The van der Waals surface area contributed by atoms with Crippen molar-refractivity contribution in [2.24, 2.45) is 5.92 Å². The first kappa shape index (κ1) is 10.6. The van der Waals surface area contributed by atoms with Gasteiger partial charge in [-0.25, -0.2) is 0 Å². The molecule has 0 unspecified atom stereocenters. The molecule has 0 bridgehead atoms. The Balaban J connectivity index is 2.34. The molecule has 1 aliphatic carbocycles. The van der Waals surface area contributed by atoms with Crippen LogP contribution in [0.5, 0.6) is 0 Å². The van der Waals surface area contributed by atoms with Gasteiger partial charge < -0.3 is 5.11 Å². The van der Waals surface area contributed by atoms with Crippen LogP contribution < -0.4 is 0 Å². The van der Waals surface area contributed by atoms with Crippen LogP contribution in [-0.4, -0.2) is 10.7 Å². The summed E-state index contributed by atoms with van der Waals surface area (Å²) < 4.78 is 0. The lowest BCUT2D eigenvalue weighted by molar-refractivity contribution is -0.0353. The van der Waals surface area contributed by atoms with Crippen molar-refractivity contribution in [1.29, 1.82) is 0 Å². The second-order valence-corrected chi connectivity index (χ2v) is 4.40. The molecule has 0 radical (unpaired) electrons. The molecule has 13 heavy (non-hydrogen) atoms. The molecule has 0 aromatic rings. The molecule has 1 rings (SSSR count). The fraction of sp³-hybridized carbons (Fsp3) is 0.833. The van der Waals surface area contributed by atoms with Crippen LogP contribution >= 0.6 is 0 Å². The van der Waals surface area contributed by atoms with E-state index in [1.54, 1.807) is 0 Å². The lowest BCUT2D eigenvalue weighted by atomic mass is 9.74. The summed E-state index contributed by atoms with van der Waals surface area (Å²) in [5.74, 6) is 3.13. The summed E-state index contributed by atoms with van der Waals surface area (Å²) in [5, 5.41) is 10.1. The highest BCUT2D eigenvalue weighted by atomic mass is 16.3. The van der Waals surface area contributed by atoms with Crippen LogP contribution in [0.15, 0.2) is 0 Å². The molecule has 0 spiro atoms. The van der Waals surface area contributed by atoms with Crippen molar-refractivity contribution < 1.29 is 5.11 Å². The fourth-order valence-electron chi connectivity index (χ4n) is 2.29. The second-order valence-electron chi connectivity index (χ2n) is 4.40. The van der Waals surface area contributed by atoms with E-state index in [0.717, 1.165) is 25.7 Å². The van der Waals surface area contributed by atoms with Crippen molar-refractivity contribution in [2.75, 3.05) is 0 Å². The van der Waals surface area contributed by atoms with E-state index in [0.29, 0.717) is 5.92 Å². The zero-order valence-electron chi connectivity index (χ0n) is 8.55. The minimum Gasteiger partial charge on any atom is -0.390 e. The van der Waals surface area contributed by atoms with E-state index >= 15 is 0 Å². The number of unbranched alkanes of at least 4 members (excludes halogenated alkanes) is 1. The Hall–Kier alpha value is -0.480. The summed E-state index contributed by atoms with van der Waals surface area (Å²) in [6.07, 6.45) is 12.8. The molecule has 1 heteroatoms. The molecule has 1 saturated carbocycles. The summed E-state index contributed by atoms with van der Waals surface area (Å²) in [6.45, 7) is 1.98. The fourth-order valence-corrected chi connectivity index (χ4v) is 2.29. The standard InChI is InChI=1S/C12H20O/c1-3-4-5-8-11-9-6-7-10-12(11,2)13/h1,11,13H,4-10H2,2H3/t11-,12-/m0/s1. The summed E-state index contributed by atoms with van der Waals surface area (Å²) in [4.78, 5) is 0. The number of aliphatic hydroxyl groups is 1. The van der Waals surface area contributed by atoms with Crippen molar-refractivity contribution in [3.63, 3.8) is 0 Å². The van der Waals surface area contributed by atoms with Crippen LogP contribution in [0.2, 0.25) is 0 Å². The van der Waals surface area contributed by atoms with Crippen molar-refractivity contribution in [3.8, 4) is 12.3 Å². The molecule has 0 amide bonds. The third-order valence-corrected chi connectivity index (χ3v) is 3.24. The van der Waals surface area contributed by atoms with Crippen LogP contribution in [0.4, 0.5) is 0 Å². The zero-order chi connectivity index (χ0) is 9.73. The van der Waals surface area contributed by atoms with Crippen molar-refractivity contribution >= 4 is 0 Å². The molecule has 2 atom stereocenters. The third-order valence-electron chi connectivity index (χ3n) is 3.24. The summed E-state index contributed by atoms with van der Waals surface area (Å²) in [5.41, 5.74) is -0.424. The SMILES string of the molecule is C#CCCC[C@H]1CCCC[C@]1(C)O. The Morgan fingerprint density at radius 3 is 2.92 bits per heavy atom. The van der Waals surface area contributed by atoms with Crippen LogP contribution in [0.1, 0.15) is 51.9 Å². The minimum atomic E-state index is -0.424. The Labute approximate surface area is 81.5 Å². The first-order valence-corrected chi connectivity index (χ1v) is 5.32. The maximum atomic E-state index is 10.1. The monoisotopic (exact) mass is 180 g/mol. The van der Waals surface area contributed by atoms with Gasteiger partial charge in [-0.3, -0.25) is 0 Å². The van der Waals surface area contributed by atoms with Gasteiger partial charge in [0.05, 0.1) is 5.60 Å². The smallest absolute Gasteiger partial charge is 0.0647 e. The lowest BCUT2D eigenvalue weighted by Crippen LogP contribution is -2.37. The van der Waals surface area contributed by atoms with E-state index < -0.39 is 5.60 Å². The molecular weight excluding hydrogens is 160 g/mol. The Morgan fingerprint density at radius 2 is 2.31 bits per heavy atom. The normalized spacial score (nSPS) is 34.1.